The Hall–Kier alpha value is -2.83. The molecule has 7 heteroatoms. The zero-order chi connectivity index (χ0) is 22.9. The van der Waals surface area contributed by atoms with E-state index in [0.717, 1.165) is 24.0 Å². The van der Waals surface area contributed by atoms with E-state index < -0.39 is 10.0 Å². The summed E-state index contributed by atoms with van der Waals surface area (Å²) in [7, 11) is -3.75. The highest BCUT2D eigenvalue weighted by Gasteiger charge is 2.19. The van der Waals surface area contributed by atoms with Gasteiger partial charge in [0.1, 0.15) is 0 Å². The molecule has 166 valence electrons. The van der Waals surface area contributed by atoms with Crippen molar-refractivity contribution in [1.29, 1.82) is 0 Å². The van der Waals surface area contributed by atoms with Crippen molar-refractivity contribution in [3.05, 3.63) is 93.5 Å². The molecule has 1 aliphatic rings. The van der Waals surface area contributed by atoms with E-state index in [1.807, 2.05) is 13.8 Å². The number of hydrogen-bond acceptors (Lipinski definition) is 3. The Morgan fingerprint density at radius 2 is 1.69 bits per heavy atom. The van der Waals surface area contributed by atoms with Gasteiger partial charge in [0.25, 0.3) is 15.9 Å². The first-order valence-electron chi connectivity index (χ1n) is 10.5. The van der Waals surface area contributed by atoms with Crippen molar-refractivity contribution in [2.24, 2.45) is 0 Å². The van der Waals surface area contributed by atoms with Gasteiger partial charge in [0.2, 0.25) is 0 Å². The molecule has 0 aliphatic heterocycles. The topological polar surface area (TPSA) is 75.3 Å². The molecule has 1 atom stereocenters. The quantitative estimate of drug-likeness (QED) is 0.506. The van der Waals surface area contributed by atoms with Crippen LogP contribution in [0.15, 0.2) is 65.6 Å². The number of amides is 1. The van der Waals surface area contributed by atoms with Crippen molar-refractivity contribution < 1.29 is 13.2 Å². The lowest BCUT2D eigenvalue weighted by Gasteiger charge is -2.17. The molecule has 2 N–H and O–H groups in total. The van der Waals surface area contributed by atoms with Gasteiger partial charge in [-0.1, -0.05) is 47.5 Å². The summed E-state index contributed by atoms with van der Waals surface area (Å²) in [5.74, 6) is -0.309. The van der Waals surface area contributed by atoms with E-state index >= 15 is 0 Å². The van der Waals surface area contributed by atoms with Gasteiger partial charge >= 0.3 is 0 Å². The molecule has 1 amide bonds. The fourth-order valence-electron chi connectivity index (χ4n) is 3.91. The van der Waals surface area contributed by atoms with E-state index in [9.17, 15) is 13.2 Å². The van der Waals surface area contributed by atoms with Crippen molar-refractivity contribution in [3.63, 3.8) is 0 Å². The predicted octanol–water partition coefficient (Wildman–Crippen LogP) is 5.43. The summed E-state index contributed by atoms with van der Waals surface area (Å²) in [6, 6.07) is 17.2. The second kappa shape index (κ2) is 8.96. The summed E-state index contributed by atoms with van der Waals surface area (Å²) in [4.78, 5) is 13.0. The van der Waals surface area contributed by atoms with Crippen LogP contribution in [0.1, 0.15) is 52.0 Å². The number of aryl methyl sites for hydroxylation is 3. The van der Waals surface area contributed by atoms with Crippen LogP contribution in [-0.2, 0) is 22.9 Å². The molecular weight excluding hydrogens is 444 g/mol. The highest BCUT2D eigenvalue weighted by Crippen LogP contribution is 2.27. The lowest BCUT2D eigenvalue weighted by atomic mass is 10.0. The second-order valence-electron chi connectivity index (χ2n) is 8.19. The normalized spacial score (nSPS) is 14.0. The van der Waals surface area contributed by atoms with Crippen molar-refractivity contribution in [2.45, 2.75) is 44.0 Å². The molecule has 0 saturated carbocycles. The molecule has 0 spiro atoms. The number of fused-ring (bicyclic) bond motifs is 1. The van der Waals surface area contributed by atoms with Crippen molar-refractivity contribution in [3.8, 4) is 0 Å². The molecule has 0 unspecified atom stereocenters. The lowest BCUT2D eigenvalue weighted by Crippen LogP contribution is -2.27. The number of benzene rings is 3. The number of anilines is 1. The third kappa shape index (κ3) is 4.81. The van der Waals surface area contributed by atoms with Gasteiger partial charge in [-0.15, -0.1) is 0 Å². The second-order valence-corrected chi connectivity index (χ2v) is 10.3. The third-order valence-electron chi connectivity index (χ3n) is 5.77. The van der Waals surface area contributed by atoms with Gasteiger partial charge in [0.05, 0.1) is 27.2 Å². The molecule has 3 aromatic carbocycles. The molecule has 0 aromatic heterocycles. The Bertz CT molecular complexity index is 1270. The maximum atomic E-state index is 12.8. The number of hydrogen-bond donors (Lipinski definition) is 2. The molecule has 3 aromatic rings. The zero-order valence-corrected chi connectivity index (χ0v) is 19.6. The molecule has 0 radical (unpaired) electrons. The van der Waals surface area contributed by atoms with Crippen molar-refractivity contribution in [1.82, 2.24) is 5.32 Å². The van der Waals surface area contributed by atoms with Gasteiger partial charge in [-0.05, 0) is 80.1 Å². The first-order chi connectivity index (χ1) is 15.2. The number of nitrogens with one attached hydrogen (secondary N) is 2. The Balaban J connectivity index is 1.46. The number of carbonyl (C=O) groups is 1. The molecular formula is C25H25ClN2O3S. The first kappa shape index (κ1) is 22.4. The van der Waals surface area contributed by atoms with Crippen molar-refractivity contribution in [2.75, 3.05) is 4.72 Å². The fraction of sp³-hybridized carbons (Fsp3) is 0.240. The van der Waals surface area contributed by atoms with Gasteiger partial charge < -0.3 is 5.32 Å². The Morgan fingerprint density at radius 1 is 0.969 bits per heavy atom. The van der Waals surface area contributed by atoms with Crippen LogP contribution in [0.5, 0.6) is 0 Å². The summed E-state index contributed by atoms with van der Waals surface area (Å²) in [5, 5.41) is 3.16. The van der Waals surface area contributed by atoms with Gasteiger partial charge in [0.15, 0.2) is 0 Å². The molecule has 4 rings (SSSR count). The number of rotatable bonds is 6. The molecule has 0 saturated heterocycles. The van der Waals surface area contributed by atoms with Gasteiger partial charge in [0, 0.05) is 0 Å². The summed E-state index contributed by atoms with van der Waals surface area (Å²) >= 11 is 6.33. The molecule has 0 heterocycles. The minimum absolute atomic E-state index is 0.157. The van der Waals surface area contributed by atoms with E-state index in [-0.39, 0.29) is 27.4 Å². The highest BCUT2D eigenvalue weighted by atomic mass is 35.5. The summed E-state index contributed by atoms with van der Waals surface area (Å²) in [6.07, 6.45) is 3.37. The lowest BCUT2D eigenvalue weighted by molar-refractivity contribution is 0.0940. The Kier molecular flexibility index (Phi) is 6.26. The van der Waals surface area contributed by atoms with Gasteiger partial charge in [-0.2, -0.15) is 0 Å². The highest BCUT2D eigenvalue weighted by molar-refractivity contribution is 7.92. The average molecular weight is 469 g/mol. The van der Waals surface area contributed by atoms with Crippen LogP contribution in [0.4, 0.5) is 5.69 Å². The summed E-state index contributed by atoms with van der Waals surface area (Å²) < 4.78 is 27.7. The van der Waals surface area contributed by atoms with Gasteiger partial charge in [-0.3, -0.25) is 9.52 Å². The van der Waals surface area contributed by atoms with E-state index in [0.29, 0.717) is 5.69 Å². The van der Waals surface area contributed by atoms with E-state index in [4.69, 9.17) is 11.6 Å². The summed E-state index contributed by atoms with van der Waals surface area (Å²) in [6.45, 7) is 3.82. The third-order valence-corrected chi connectivity index (χ3v) is 7.48. The minimum Gasteiger partial charge on any atom is -0.345 e. The largest absolute Gasteiger partial charge is 0.345 e. The van der Waals surface area contributed by atoms with E-state index in [1.54, 1.807) is 24.3 Å². The van der Waals surface area contributed by atoms with Crippen LogP contribution in [-0.4, -0.2) is 14.3 Å². The minimum atomic E-state index is -3.75. The van der Waals surface area contributed by atoms with Crippen LogP contribution in [0, 0.1) is 6.92 Å². The van der Waals surface area contributed by atoms with Crippen LogP contribution >= 0.6 is 11.6 Å². The van der Waals surface area contributed by atoms with Crippen molar-refractivity contribution >= 4 is 33.2 Å². The number of sulfonamides is 1. The average Bonchev–Trinajstić information content (AvgIpc) is 3.21. The smallest absolute Gasteiger partial charge is 0.261 e. The van der Waals surface area contributed by atoms with Crippen LogP contribution in [0.3, 0.4) is 0 Å². The van der Waals surface area contributed by atoms with Crippen LogP contribution in [0.2, 0.25) is 5.02 Å². The monoisotopic (exact) mass is 468 g/mol. The number of halogens is 1. The maximum absolute atomic E-state index is 12.8. The van der Waals surface area contributed by atoms with Crippen LogP contribution < -0.4 is 10.0 Å². The Morgan fingerprint density at radius 3 is 2.41 bits per heavy atom. The van der Waals surface area contributed by atoms with Gasteiger partial charge in [-0.25, -0.2) is 8.42 Å². The number of carbonyl (C=O) groups excluding carboxylic acids is 1. The van der Waals surface area contributed by atoms with Crippen LogP contribution in [0.25, 0.3) is 0 Å². The maximum Gasteiger partial charge on any atom is 0.261 e. The standard InChI is InChI=1S/C25H25ClN2O3S/c1-16-6-11-22(12-7-16)32(30,31)28-21-10-13-23(24(26)15-21)25(29)27-17(2)19-9-8-18-4-3-5-20(18)14-19/h6-15,17,28H,3-5H2,1-2H3,(H,27,29)/t17-/m0/s1. The molecule has 1 aliphatic carbocycles. The molecule has 5 nitrogen and oxygen atoms in total. The molecule has 0 fully saturated rings. The predicted molar refractivity (Wildman–Crippen MR) is 128 cm³/mol. The summed E-state index contributed by atoms with van der Waals surface area (Å²) in [5.41, 5.74) is 5.34. The van der Waals surface area contributed by atoms with E-state index in [1.165, 1.54) is 35.7 Å². The zero-order valence-electron chi connectivity index (χ0n) is 18.0. The molecule has 0 bridgehead atoms. The molecule has 32 heavy (non-hydrogen) atoms. The SMILES string of the molecule is Cc1ccc(S(=O)(=O)Nc2ccc(C(=O)N[C@@H](C)c3ccc4c(c3)CCC4)c(Cl)c2)cc1. The Labute approximate surface area is 193 Å². The first-order valence-corrected chi connectivity index (χ1v) is 12.4. The fourth-order valence-corrected chi connectivity index (χ4v) is 5.23. The van der Waals surface area contributed by atoms with E-state index in [2.05, 4.69) is 28.2 Å².